The summed E-state index contributed by atoms with van der Waals surface area (Å²) >= 11 is 5.09. The summed E-state index contributed by atoms with van der Waals surface area (Å²) < 4.78 is 0. The second kappa shape index (κ2) is 4.99. The SMILES string of the molecule is Cl.O=C(NCl)c1ccccc1. The van der Waals surface area contributed by atoms with Gasteiger partial charge in [0.2, 0.25) is 0 Å². The first-order valence-corrected chi connectivity index (χ1v) is 3.18. The predicted molar refractivity (Wildman–Crippen MR) is 47.0 cm³/mol. The van der Waals surface area contributed by atoms with Crippen molar-refractivity contribution in [2.45, 2.75) is 0 Å². The number of hydrogen-bond donors (Lipinski definition) is 1. The minimum atomic E-state index is -0.276. The van der Waals surface area contributed by atoms with Crippen LogP contribution in [0.25, 0.3) is 0 Å². The summed E-state index contributed by atoms with van der Waals surface area (Å²) in [5, 5.41) is 0. The molecule has 0 spiro atoms. The van der Waals surface area contributed by atoms with E-state index in [1.165, 1.54) is 0 Å². The number of carbonyl (C=O) groups excluding carboxylic acids is 1. The van der Waals surface area contributed by atoms with Crippen molar-refractivity contribution < 1.29 is 4.79 Å². The van der Waals surface area contributed by atoms with Gasteiger partial charge in [0.05, 0.1) is 0 Å². The van der Waals surface area contributed by atoms with E-state index in [0.717, 1.165) is 0 Å². The van der Waals surface area contributed by atoms with Gasteiger partial charge in [-0.2, -0.15) is 0 Å². The lowest BCUT2D eigenvalue weighted by atomic mass is 10.2. The van der Waals surface area contributed by atoms with Crippen LogP contribution in [0, 0.1) is 0 Å². The fourth-order valence-corrected chi connectivity index (χ4v) is 0.753. The standard InChI is InChI=1S/C7H6ClNO.ClH/c8-9-7(10)6-4-2-1-3-5-6;/h1-5H,(H,9,10);1H. The number of benzene rings is 1. The van der Waals surface area contributed by atoms with Crippen LogP contribution in [0.1, 0.15) is 10.4 Å². The Morgan fingerprint density at radius 3 is 2.27 bits per heavy atom. The third kappa shape index (κ3) is 2.78. The van der Waals surface area contributed by atoms with Gasteiger partial charge in [-0.05, 0) is 12.1 Å². The van der Waals surface area contributed by atoms with Gasteiger partial charge >= 0.3 is 0 Å². The van der Waals surface area contributed by atoms with Crippen LogP contribution >= 0.6 is 24.2 Å². The third-order valence-electron chi connectivity index (χ3n) is 1.12. The number of halogens is 2. The van der Waals surface area contributed by atoms with Gasteiger partial charge in [-0.15, -0.1) is 12.4 Å². The Morgan fingerprint density at radius 2 is 1.82 bits per heavy atom. The van der Waals surface area contributed by atoms with E-state index in [0.29, 0.717) is 5.56 Å². The maximum atomic E-state index is 10.8. The van der Waals surface area contributed by atoms with Crippen LogP contribution in [0.4, 0.5) is 0 Å². The molecule has 0 atom stereocenters. The maximum absolute atomic E-state index is 10.8. The van der Waals surface area contributed by atoms with Gasteiger partial charge in [-0.25, -0.2) is 0 Å². The molecule has 0 aliphatic rings. The van der Waals surface area contributed by atoms with E-state index < -0.39 is 0 Å². The van der Waals surface area contributed by atoms with E-state index in [9.17, 15) is 4.79 Å². The highest BCUT2D eigenvalue weighted by Crippen LogP contribution is 1.97. The van der Waals surface area contributed by atoms with E-state index in [-0.39, 0.29) is 18.3 Å². The van der Waals surface area contributed by atoms with Crippen molar-refractivity contribution >= 4 is 30.1 Å². The molecule has 60 valence electrons. The molecule has 0 aliphatic heterocycles. The molecule has 0 bridgehead atoms. The Hall–Kier alpha value is -0.730. The van der Waals surface area contributed by atoms with Crippen molar-refractivity contribution in [1.29, 1.82) is 0 Å². The van der Waals surface area contributed by atoms with Crippen LogP contribution < -0.4 is 4.84 Å². The molecule has 0 heterocycles. The van der Waals surface area contributed by atoms with Crippen LogP contribution in [0.2, 0.25) is 0 Å². The van der Waals surface area contributed by atoms with Crippen molar-refractivity contribution in [2.24, 2.45) is 0 Å². The molecule has 0 saturated carbocycles. The zero-order valence-corrected chi connectivity index (χ0v) is 7.15. The van der Waals surface area contributed by atoms with E-state index in [2.05, 4.69) is 0 Å². The summed E-state index contributed by atoms with van der Waals surface area (Å²) in [4.78, 5) is 12.8. The van der Waals surface area contributed by atoms with Crippen molar-refractivity contribution in [2.75, 3.05) is 0 Å². The summed E-state index contributed by atoms with van der Waals surface area (Å²) in [6.07, 6.45) is 0. The Bertz CT molecular complexity index is 225. The minimum absolute atomic E-state index is 0. The van der Waals surface area contributed by atoms with Gasteiger partial charge in [0, 0.05) is 17.3 Å². The first-order valence-electron chi connectivity index (χ1n) is 2.80. The van der Waals surface area contributed by atoms with Crippen molar-refractivity contribution in [1.82, 2.24) is 4.84 Å². The van der Waals surface area contributed by atoms with E-state index >= 15 is 0 Å². The third-order valence-corrected chi connectivity index (χ3v) is 1.29. The Balaban J connectivity index is 0.000001000. The average Bonchev–Trinajstić information content (AvgIpc) is 2.05. The number of hydrogen-bond acceptors (Lipinski definition) is 1. The quantitative estimate of drug-likeness (QED) is 0.677. The Labute approximate surface area is 76.1 Å². The molecule has 1 aromatic carbocycles. The molecule has 4 heteroatoms. The molecule has 0 radical (unpaired) electrons. The molecule has 11 heavy (non-hydrogen) atoms. The molecule has 0 unspecified atom stereocenters. The summed E-state index contributed by atoms with van der Waals surface area (Å²) in [5.41, 5.74) is 0.567. The lowest BCUT2D eigenvalue weighted by molar-refractivity contribution is 0.0982. The molecule has 1 rings (SSSR count). The molecular formula is C7H7Cl2NO. The highest BCUT2D eigenvalue weighted by molar-refractivity contribution is 6.24. The molecule has 1 aromatic rings. The van der Waals surface area contributed by atoms with Crippen molar-refractivity contribution in [3.63, 3.8) is 0 Å². The zero-order chi connectivity index (χ0) is 7.40. The summed E-state index contributed by atoms with van der Waals surface area (Å²) in [7, 11) is 0. The van der Waals surface area contributed by atoms with Gasteiger partial charge < -0.3 is 0 Å². The van der Waals surface area contributed by atoms with Crippen LogP contribution in [0.3, 0.4) is 0 Å². The molecule has 1 N–H and O–H groups in total. The summed E-state index contributed by atoms with van der Waals surface area (Å²) in [6, 6.07) is 8.78. The molecule has 0 aromatic heterocycles. The highest BCUT2D eigenvalue weighted by atomic mass is 35.5. The van der Waals surface area contributed by atoms with Crippen molar-refractivity contribution in [3.8, 4) is 0 Å². The largest absolute Gasteiger partial charge is 0.268 e. The van der Waals surface area contributed by atoms with Crippen molar-refractivity contribution in [3.05, 3.63) is 35.9 Å². The second-order valence-electron chi connectivity index (χ2n) is 1.79. The first-order chi connectivity index (χ1) is 4.84. The van der Waals surface area contributed by atoms with E-state index in [4.69, 9.17) is 11.8 Å². The Kier molecular flexibility index (Phi) is 4.66. The fraction of sp³-hybridized carbons (Fsp3) is 0. The number of amides is 1. The molecule has 0 fully saturated rings. The minimum Gasteiger partial charge on any atom is -0.268 e. The molecule has 0 aliphatic carbocycles. The maximum Gasteiger partial charge on any atom is 0.265 e. The topological polar surface area (TPSA) is 29.1 Å². The van der Waals surface area contributed by atoms with E-state index in [1.54, 1.807) is 24.3 Å². The molecular weight excluding hydrogens is 185 g/mol. The number of nitrogens with one attached hydrogen (secondary N) is 1. The average molecular weight is 192 g/mol. The first kappa shape index (κ1) is 10.3. The number of rotatable bonds is 1. The summed E-state index contributed by atoms with van der Waals surface area (Å²) in [6.45, 7) is 0. The predicted octanol–water partition coefficient (Wildman–Crippen LogP) is 1.99. The summed E-state index contributed by atoms with van der Waals surface area (Å²) in [5.74, 6) is -0.276. The number of carbonyl (C=O) groups is 1. The molecule has 1 amide bonds. The zero-order valence-electron chi connectivity index (χ0n) is 5.58. The molecule has 2 nitrogen and oxygen atoms in total. The van der Waals surface area contributed by atoms with Gasteiger partial charge in [0.15, 0.2) is 0 Å². The van der Waals surface area contributed by atoms with Crippen LogP contribution in [-0.2, 0) is 0 Å². The lowest BCUT2D eigenvalue weighted by Crippen LogP contribution is -2.11. The van der Waals surface area contributed by atoms with E-state index in [1.807, 2.05) is 10.9 Å². The van der Waals surface area contributed by atoms with Crippen LogP contribution in [-0.4, -0.2) is 5.91 Å². The van der Waals surface area contributed by atoms with Gasteiger partial charge in [0.25, 0.3) is 5.91 Å². The second-order valence-corrected chi connectivity index (χ2v) is 1.98. The Morgan fingerprint density at radius 1 is 1.27 bits per heavy atom. The fourth-order valence-electron chi connectivity index (χ4n) is 0.644. The molecule has 0 saturated heterocycles. The van der Waals surface area contributed by atoms with Gasteiger partial charge in [0.1, 0.15) is 0 Å². The highest BCUT2D eigenvalue weighted by Gasteiger charge is 1.99. The van der Waals surface area contributed by atoms with Gasteiger partial charge in [-0.1, -0.05) is 18.2 Å². The monoisotopic (exact) mass is 191 g/mol. The lowest BCUT2D eigenvalue weighted by Gasteiger charge is -1.94. The van der Waals surface area contributed by atoms with Crippen LogP contribution in [0.15, 0.2) is 30.3 Å². The van der Waals surface area contributed by atoms with Gasteiger partial charge in [-0.3, -0.25) is 9.63 Å². The normalized spacial score (nSPS) is 8.09. The smallest absolute Gasteiger partial charge is 0.265 e. The van der Waals surface area contributed by atoms with Crippen LogP contribution in [0.5, 0.6) is 0 Å².